The Balaban J connectivity index is 0.000000435. The second-order valence-corrected chi connectivity index (χ2v) is 12.4. The van der Waals surface area contributed by atoms with E-state index in [4.69, 9.17) is 31.1 Å². The number of ether oxygens (including phenoxy) is 2. The molecular weight excluding hydrogens is 762 g/mol. The number of halogens is 1. The molecule has 4 aliphatic rings. The molecule has 2 saturated heterocycles. The monoisotopic (exact) mass is 804 g/mol. The predicted molar refractivity (Wildman–Crippen MR) is 201 cm³/mol. The average Bonchev–Trinajstić information content (AvgIpc) is 3.69. The molecule has 2 fully saturated rings. The summed E-state index contributed by atoms with van der Waals surface area (Å²) in [5.74, 6) is 0.0843. The van der Waals surface area contributed by atoms with Gasteiger partial charge in [-0.1, -0.05) is 104 Å². The Hall–Kier alpha value is -3.76. The largest absolute Gasteiger partial charge is 1.00 e. The smallest absolute Gasteiger partial charge is 1.00 e. The van der Waals surface area contributed by atoms with Crippen molar-refractivity contribution in [2.24, 2.45) is 0 Å². The number of nitrogens with one attached hydrogen (secondary N) is 3. The van der Waals surface area contributed by atoms with Crippen LogP contribution >= 0.6 is 11.6 Å². The van der Waals surface area contributed by atoms with Gasteiger partial charge < -0.3 is 37.0 Å². The van der Waals surface area contributed by atoms with Crippen LogP contribution in [0.15, 0.2) is 97.1 Å². The molecule has 8 rings (SSSR count). The van der Waals surface area contributed by atoms with Crippen LogP contribution in [0, 0.1) is 0 Å². The summed E-state index contributed by atoms with van der Waals surface area (Å²) < 4.78 is 10.5. The minimum atomic E-state index is -0.753. The summed E-state index contributed by atoms with van der Waals surface area (Å²) >= 11 is 5.25. The summed E-state index contributed by atoms with van der Waals surface area (Å²) in [7, 11) is 0. The van der Waals surface area contributed by atoms with Gasteiger partial charge in [-0.2, -0.15) is 0 Å². The van der Waals surface area contributed by atoms with E-state index in [2.05, 4.69) is 69.4 Å². The van der Waals surface area contributed by atoms with E-state index in [1.54, 1.807) is 0 Å². The summed E-state index contributed by atoms with van der Waals surface area (Å²) in [5.41, 5.74) is 8.82. The fourth-order valence-electron chi connectivity index (χ4n) is 6.62. The molecule has 3 amide bonds. The fourth-order valence-corrected chi connectivity index (χ4v) is 6.69. The molecule has 0 spiro atoms. The first-order valence-corrected chi connectivity index (χ1v) is 17.3. The topological polar surface area (TPSA) is 175 Å². The second kappa shape index (κ2) is 24.8. The van der Waals surface area contributed by atoms with E-state index in [0.717, 1.165) is 13.1 Å². The van der Waals surface area contributed by atoms with Gasteiger partial charge in [0.15, 0.2) is 0 Å². The van der Waals surface area contributed by atoms with Gasteiger partial charge in [-0.05, 0) is 44.5 Å². The molecule has 2 heterocycles. The molecule has 3 N–H and O–H groups in total. The van der Waals surface area contributed by atoms with E-state index >= 15 is 0 Å². The van der Waals surface area contributed by atoms with Crippen molar-refractivity contribution < 1.29 is 104 Å². The molecule has 0 atom stereocenters. The molecule has 56 heavy (non-hydrogen) atoms. The van der Waals surface area contributed by atoms with Gasteiger partial charge in [-0.3, -0.25) is 19.3 Å². The van der Waals surface area contributed by atoms with E-state index in [-0.39, 0.29) is 118 Å². The van der Waals surface area contributed by atoms with E-state index < -0.39 is 11.5 Å². The summed E-state index contributed by atoms with van der Waals surface area (Å²) in [5, 5.41) is 16.7. The van der Waals surface area contributed by atoms with Gasteiger partial charge in [0, 0.05) is 49.6 Å². The maximum Gasteiger partial charge on any atom is 1.00 e. The molecular formula is C40H43ClN4Na2O9. The Morgan fingerprint density at radius 1 is 0.714 bits per heavy atom. The first kappa shape index (κ1) is 48.4. The van der Waals surface area contributed by atoms with Crippen LogP contribution in [0.5, 0.6) is 0 Å². The summed E-state index contributed by atoms with van der Waals surface area (Å²) in [4.78, 5) is 57.4. The van der Waals surface area contributed by atoms with Gasteiger partial charge >= 0.3 is 70.6 Å². The van der Waals surface area contributed by atoms with Crippen molar-refractivity contribution >= 4 is 41.4 Å². The zero-order chi connectivity index (χ0) is 37.6. The third-order valence-corrected chi connectivity index (χ3v) is 9.02. The normalized spacial score (nSPS) is 14.2. The van der Waals surface area contributed by atoms with Gasteiger partial charge in [0.25, 0.3) is 6.47 Å². The molecule has 4 aromatic carbocycles. The minimum Gasteiger partial charge on any atom is -1.00 e. The third-order valence-electron chi connectivity index (χ3n) is 8.91. The Kier molecular flexibility index (Phi) is 21.4. The number of piperazine rings is 2. The Labute approximate surface area is 376 Å². The fraction of sp³-hybridized carbons (Fsp3) is 0.275. The molecule has 0 bridgehead atoms. The van der Waals surface area contributed by atoms with Crippen LogP contribution < -0.4 is 80.3 Å². The molecule has 0 unspecified atom stereocenters. The Bertz CT molecular complexity index is 1840. The van der Waals surface area contributed by atoms with E-state index in [1.165, 1.54) is 49.4 Å². The van der Waals surface area contributed by atoms with Crippen molar-refractivity contribution in [2.45, 2.75) is 19.3 Å². The number of hydrogen-bond donors (Lipinski definition) is 3. The zero-order valence-electron chi connectivity index (χ0n) is 31.6. The van der Waals surface area contributed by atoms with Crippen molar-refractivity contribution in [3.8, 4) is 22.3 Å². The van der Waals surface area contributed by atoms with E-state index in [9.17, 15) is 19.2 Å². The van der Waals surface area contributed by atoms with Crippen LogP contribution in [0.1, 0.15) is 42.9 Å². The number of rotatable bonds is 5. The van der Waals surface area contributed by atoms with Crippen molar-refractivity contribution in [1.82, 2.24) is 20.9 Å². The van der Waals surface area contributed by atoms with Crippen molar-refractivity contribution in [3.05, 3.63) is 119 Å². The van der Waals surface area contributed by atoms with Gasteiger partial charge in [0.05, 0.1) is 6.54 Å². The number of carbonyl (C=O) groups is 5. The SMILES string of the molecule is C.O=C(Cl)OCC1c2ccccc2-c2ccccc21.O=C1CN(C(=O)OCC2c3ccccc3-c3ccccc32)CCN1.O=C1CNCCN1.O=CO[O-].[H-].[Na+].[Na+]. The average molecular weight is 805 g/mol. The summed E-state index contributed by atoms with van der Waals surface area (Å²) in [6.45, 7) is 3.59. The number of benzene rings is 4. The number of fused-ring (bicyclic) bond motifs is 6. The molecule has 286 valence electrons. The number of amides is 3. The molecule has 16 heteroatoms. The van der Waals surface area contributed by atoms with Crippen molar-refractivity contribution in [2.75, 3.05) is 52.5 Å². The van der Waals surface area contributed by atoms with Gasteiger partial charge in [0.2, 0.25) is 11.8 Å². The van der Waals surface area contributed by atoms with E-state index in [1.807, 2.05) is 48.5 Å². The van der Waals surface area contributed by atoms with Crippen molar-refractivity contribution in [3.63, 3.8) is 0 Å². The van der Waals surface area contributed by atoms with Crippen LogP contribution in [0.4, 0.5) is 9.59 Å². The standard InChI is InChI=1S/C19H18N2O3.C15H11ClO2.C4H8N2O.CH2O3.CH4.2Na.H/c22-18-11-21(10-9-20-18)19(23)24-12-17-15-7-3-1-5-13(15)14-6-2-4-8-16(14)17;16-15(17)18-9-14-12-7-3-1-5-10(12)11-6-2-4-8-13(11)14;7-4-3-5-1-2-6-4;2-1-4-3;;;;/h1-8,17H,9-12H2,(H,20,22);1-8,14H,9H2;5H,1-3H2,(H,6,7);1,3H;1H4;;;/q;;;;;2*+1;-1/p-1. The second-order valence-electron chi connectivity index (χ2n) is 12.1. The molecule has 13 nitrogen and oxygen atoms in total. The molecule has 0 saturated carbocycles. The van der Waals surface area contributed by atoms with Crippen LogP contribution in [0.25, 0.3) is 22.3 Å². The summed E-state index contributed by atoms with van der Waals surface area (Å²) in [6.07, 6.45) is -0.424. The van der Waals surface area contributed by atoms with Crippen molar-refractivity contribution in [1.29, 1.82) is 0 Å². The summed E-state index contributed by atoms with van der Waals surface area (Å²) in [6, 6.07) is 32.8. The zero-order valence-corrected chi connectivity index (χ0v) is 35.4. The van der Waals surface area contributed by atoms with Crippen LogP contribution in [0.2, 0.25) is 0 Å². The number of hydrogen-bond acceptors (Lipinski definition) is 10. The first-order valence-electron chi connectivity index (χ1n) is 16.9. The van der Waals surface area contributed by atoms with Crippen LogP contribution in [-0.4, -0.2) is 87.2 Å². The van der Waals surface area contributed by atoms with Gasteiger partial charge in [-0.15, -0.1) is 0 Å². The molecule has 2 aliphatic carbocycles. The number of carbonyl (C=O) groups excluding carboxylic acids is 5. The maximum absolute atomic E-state index is 12.2. The Morgan fingerprint density at radius 3 is 1.46 bits per heavy atom. The predicted octanol–water partition coefficient (Wildman–Crippen LogP) is -1.56. The molecule has 0 aromatic heterocycles. The minimum absolute atomic E-state index is 0. The quantitative estimate of drug-likeness (QED) is 0.0704. The first-order chi connectivity index (χ1) is 25.8. The van der Waals surface area contributed by atoms with E-state index in [0.29, 0.717) is 19.6 Å². The molecule has 0 radical (unpaired) electrons. The Morgan fingerprint density at radius 2 is 1.12 bits per heavy atom. The third kappa shape index (κ3) is 12.9. The molecule has 4 aromatic rings. The van der Waals surface area contributed by atoms with Crippen LogP contribution in [0.3, 0.4) is 0 Å². The maximum atomic E-state index is 12.2. The van der Waals surface area contributed by atoms with Gasteiger partial charge in [-0.25, -0.2) is 9.59 Å². The van der Waals surface area contributed by atoms with Crippen LogP contribution in [-0.2, 0) is 28.7 Å². The number of nitrogens with zero attached hydrogens (tertiary/aromatic N) is 1. The van der Waals surface area contributed by atoms with Gasteiger partial charge in [0.1, 0.15) is 19.8 Å². The molecule has 2 aliphatic heterocycles.